The van der Waals surface area contributed by atoms with Crippen LogP contribution >= 0.6 is 0 Å². The van der Waals surface area contributed by atoms with Gasteiger partial charge in [-0.3, -0.25) is 9.69 Å². The normalized spacial score (nSPS) is 24.8. The van der Waals surface area contributed by atoms with Crippen LogP contribution in [0.3, 0.4) is 0 Å². The fraction of sp³-hybridized carbons (Fsp3) is 0.448. The van der Waals surface area contributed by atoms with Crippen LogP contribution in [-0.2, 0) is 21.7 Å². The molecule has 3 fully saturated rings. The number of hydrogen-bond acceptors (Lipinski definition) is 8. The third-order valence-corrected chi connectivity index (χ3v) is 8.44. The fourth-order valence-electron chi connectivity index (χ4n) is 6.66. The predicted molar refractivity (Wildman–Crippen MR) is 145 cm³/mol. The van der Waals surface area contributed by atoms with Crippen LogP contribution in [-0.4, -0.2) is 73.9 Å². The summed E-state index contributed by atoms with van der Waals surface area (Å²) < 4.78 is 12.7. The zero-order valence-electron chi connectivity index (χ0n) is 21.5. The molecule has 3 saturated heterocycles. The summed E-state index contributed by atoms with van der Waals surface area (Å²) in [7, 11) is 0. The predicted octanol–water partition coefficient (Wildman–Crippen LogP) is 1.88. The van der Waals surface area contributed by atoms with Gasteiger partial charge in [-0.05, 0) is 48.4 Å². The summed E-state index contributed by atoms with van der Waals surface area (Å²) in [5.74, 6) is 0. The number of nitrogens with one attached hydrogen (secondary N) is 1. The summed E-state index contributed by atoms with van der Waals surface area (Å²) in [4.78, 5) is 21.9. The third-order valence-electron chi connectivity index (χ3n) is 8.44. The molecule has 5 heterocycles. The summed E-state index contributed by atoms with van der Waals surface area (Å²) >= 11 is 0. The number of anilines is 2. The number of ether oxygens (including phenoxy) is 2. The Hall–Kier alpha value is -3.42. The number of nitrogens with zero attached hydrogens (tertiary/aromatic N) is 4. The second-order valence-corrected chi connectivity index (χ2v) is 11.3. The number of hydrogen-bond donors (Lipinski definition) is 2. The van der Waals surface area contributed by atoms with Gasteiger partial charge >= 0.3 is 0 Å². The molecule has 4 aliphatic rings. The Morgan fingerprint density at radius 2 is 1.95 bits per heavy atom. The van der Waals surface area contributed by atoms with Crippen LogP contribution in [0.5, 0.6) is 0 Å². The van der Waals surface area contributed by atoms with Gasteiger partial charge in [-0.1, -0.05) is 6.07 Å². The van der Waals surface area contributed by atoms with E-state index < -0.39 is 0 Å². The molecule has 0 saturated carbocycles. The lowest BCUT2D eigenvalue weighted by Gasteiger charge is -2.50. The minimum absolute atomic E-state index is 0.0448. The van der Waals surface area contributed by atoms with Gasteiger partial charge in [0.15, 0.2) is 0 Å². The molecule has 3 aromatic rings. The highest BCUT2D eigenvalue weighted by Crippen LogP contribution is 2.45. The molecule has 9 heteroatoms. The second-order valence-electron chi connectivity index (χ2n) is 11.3. The van der Waals surface area contributed by atoms with E-state index in [0.29, 0.717) is 17.7 Å². The number of likely N-dealkylation sites (tertiary alicyclic amines) is 1. The van der Waals surface area contributed by atoms with Crippen molar-refractivity contribution in [1.82, 2.24) is 9.88 Å². The molecule has 38 heavy (non-hydrogen) atoms. The standard InChI is InChI=1S/C29H32N6O3/c1-18-10-35(26-6-2-19(9-30)28-24(26)4-7-27(36)32-28)14-23(38-18)13-33-16-29(17-33)25-5-3-22(8-20(25)15-37-29)34-11-21(31)12-34/h2-8,18,21,23H,10-17,31H2,1H3,(H,32,36). The second kappa shape index (κ2) is 8.82. The number of nitrogens with two attached hydrogens (primary N) is 1. The van der Waals surface area contributed by atoms with Gasteiger partial charge in [0, 0.05) is 74.7 Å². The first-order valence-corrected chi connectivity index (χ1v) is 13.4. The van der Waals surface area contributed by atoms with Crippen molar-refractivity contribution in [3.63, 3.8) is 0 Å². The van der Waals surface area contributed by atoms with E-state index in [9.17, 15) is 10.1 Å². The number of aromatic amines is 1. The number of pyridine rings is 1. The first-order valence-electron chi connectivity index (χ1n) is 13.4. The molecule has 7 rings (SSSR count). The van der Waals surface area contributed by atoms with E-state index in [4.69, 9.17) is 15.2 Å². The molecule has 2 unspecified atom stereocenters. The van der Waals surface area contributed by atoms with Crippen LogP contribution < -0.4 is 21.1 Å². The molecule has 2 aromatic carbocycles. The molecule has 0 radical (unpaired) electrons. The minimum atomic E-state index is -0.214. The molecule has 3 N–H and O–H groups in total. The average molecular weight is 513 g/mol. The van der Waals surface area contributed by atoms with Gasteiger partial charge < -0.3 is 30.0 Å². The largest absolute Gasteiger partial charge is 0.370 e. The van der Waals surface area contributed by atoms with Crippen molar-refractivity contribution in [2.24, 2.45) is 5.73 Å². The number of H-pyrrole nitrogens is 1. The van der Waals surface area contributed by atoms with E-state index in [-0.39, 0.29) is 29.4 Å². The number of benzene rings is 2. The quantitative estimate of drug-likeness (QED) is 0.545. The van der Waals surface area contributed by atoms with Crippen LogP contribution in [0.1, 0.15) is 23.6 Å². The van der Waals surface area contributed by atoms with Crippen LogP contribution in [0.25, 0.3) is 10.9 Å². The first kappa shape index (κ1) is 23.7. The molecule has 0 bridgehead atoms. The number of nitriles is 1. The lowest BCUT2D eigenvalue weighted by molar-refractivity contribution is -0.155. The molecule has 0 aliphatic carbocycles. The van der Waals surface area contributed by atoms with Crippen molar-refractivity contribution in [3.8, 4) is 6.07 Å². The molecule has 1 aromatic heterocycles. The highest BCUT2D eigenvalue weighted by Gasteiger charge is 2.50. The van der Waals surface area contributed by atoms with Crippen molar-refractivity contribution in [3.05, 3.63) is 69.5 Å². The Morgan fingerprint density at radius 3 is 2.74 bits per heavy atom. The van der Waals surface area contributed by atoms with Crippen LogP contribution in [0, 0.1) is 11.3 Å². The zero-order valence-corrected chi connectivity index (χ0v) is 21.5. The molecule has 0 amide bonds. The van der Waals surface area contributed by atoms with E-state index in [1.807, 2.05) is 12.1 Å². The third kappa shape index (κ3) is 3.87. The van der Waals surface area contributed by atoms with Crippen molar-refractivity contribution in [2.75, 3.05) is 55.6 Å². The summed E-state index contributed by atoms with van der Waals surface area (Å²) in [6.07, 6.45) is 0.109. The fourth-order valence-corrected chi connectivity index (χ4v) is 6.66. The monoisotopic (exact) mass is 512 g/mol. The van der Waals surface area contributed by atoms with Gasteiger partial charge in [-0.25, -0.2) is 0 Å². The Bertz CT molecular complexity index is 1500. The van der Waals surface area contributed by atoms with E-state index in [1.54, 1.807) is 6.07 Å². The summed E-state index contributed by atoms with van der Waals surface area (Å²) in [5.41, 5.74) is 11.5. The molecule has 4 aliphatic heterocycles. The molecule has 9 nitrogen and oxygen atoms in total. The number of morpholine rings is 1. The minimum Gasteiger partial charge on any atom is -0.370 e. The molecular weight excluding hydrogens is 480 g/mol. The van der Waals surface area contributed by atoms with Gasteiger partial charge in [-0.15, -0.1) is 0 Å². The van der Waals surface area contributed by atoms with Crippen LogP contribution in [0.4, 0.5) is 11.4 Å². The topological polar surface area (TPSA) is 111 Å². The number of aromatic nitrogens is 1. The van der Waals surface area contributed by atoms with E-state index >= 15 is 0 Å². The first-order chi connectivity index (χ1) is 18.4. The van der Waals surface area contributed by atoms with E-state index in [0.717, 1.165) is 56.9 Å². The maximum Gasteiger partial charge on any atom is 0.248 e. The molecule has 2 atom stereocenters. The Balaban J connectivity index is 1.05. The number of rotatable bonds is 4. The number of fused-ring (bicyclic) bond motifs is 3. The van der Waals surface area contributed by atoms with Crippen LogP contribution in [0.15, 0.2) is 47.3 Å². The van der Waals surface area contributed by atoms with Crippen molar-refractivity contribution >= 4 is 22.3 Å². The highest BCUT2D eigenvalue weighted by atomic mass is 16.5. The Kier molecular flexibility index (Phi) is 5.49. The van der Waals surface area contributed by atoms with Gasteiger partial charge in [0.05, 0.1) is 29.9 Å². The van der Waals surface area contributed by atoms with Crippen LogP contribution in [0.2, 0.25) is 0 Å². The molecule has 1 spiro atoms. The smallest absolute Gasteiger partial charge is 0.248 e. The van der Waals surface area contributed by atoms with Crippen molar-refractivity contribution < 1.29 is 9.47 Å². The van der Waals surface area contributed by atoms with Gasteiger partial charge in [0.1, 0.15) is 11.7 Å². The molecular formula is C29H32N6O3. The van der Waals surface area contributed by atoms with E-state index in [2.05, 4.69) is 50.9 Å². The summed E-state index contributed by atoms with van der Waals surface area (Å²) in [5, 5.41) is 10.4. The van der Waals surface area contributed by atoms with Gasteiger partial charge in [-0.2, -0.15) is 5.26 Å². The van der Waals surface area contributed by atoms with Gasteiger partial charge in [0.2, 0.25) is 5.56 Å². The van der Waals surface area contributed by atoms with E-state index in [1.165, 1.54) is 22.9 Å². The zero-order chi connectivity index (χ0) is 26.0. The molecule has 196 valence electrons. The Labute approximate surface area is 221 Å². The maximum atomic E-state index is 11.9. The van der Waals surface area contributed by atoms with Crippen molar-refractivity contribution in [1.29, 1.82) is 5.26 Å². The van der Waals surface area contributed by atoms with Crippen molar-refractivity contribution in [2.45, 2.75) is 37.4 Å². The Morgan fingerprint density at radius 1 is 1.11 bits per heavy atom. The SMILES string of the molecule is CC1CN(c2ccc(C#N)c3[nH]c(=O)ccc23)CC(CN2CC3(C2)OCc2cc(N4CC(N)C4)ccc23)O1. The highest BCUT2D eigenvalue weighted by molar-refractivity contribution is 5.95. The summed E-state index contributed by atoms with van der Waals surface area (Å²) in [6, 6.07) is 16.3. The lowest BCUT2D eigenvalue weighted by atomic mass is 9.84. The van der Waals surface area contributed by atoms with Gasteiger partial charge in [0.25, 0.3) is 0 Å². The average Bonchev–Trinajstić information content (AvgIpc) is 3.24. The summed E-state index contributed by atoms with van der Waals surface area (Å²) in [6.45, 7) is 8.66. The lowest BCUT2D eigenvalue weighted by Crippen LogP contribution is -2.62. The maximum absolute atomic E-state index is 11.9.